The normalized spacial score (nSPS) is 11.6. The first-order chi connectivity index (χ1) is 20.1. The Labute approximate surface area is 248 Å². The molecule has 0 saturated carbocycles. The highest BCUT2D eigenvalue weighted by molar-refractivity contribution is 5.94. The van der Waals surface area contributed by atoms with Gasteiger partial charge in [0.1, 0.15) is 5.75 Å². The maximum absolute atomic E-state index is 12.9. The van der Waals surface area contributed by atoms with Gasteiger partial charge in [0.15, 0.2) is 0 Å². The molecule has 1 amide bonds. The molecule has 0 unspecified atom stereocenters. The van der Waals surface area contributed by atoms with Crippen LogP contribution < -0.4 is 5.32 Å². The molecule has 0 aromatic heterocycles. The fourth-order valence-electron chi connectivity index (χ4n) is 4.94. The van der Waals surface area contributed by atoms with Crippen molar-refractivity contribution in [3.63, 3.8) is 0 Å². The second-order valence-electron chi connectivity index (χ2n) is 11.1. The summed E-state index contributed by atoms with van der Waals surface area (Å²) in [4.78, 5) is 25.4. The van der Waals surface area contributed by atoms with Gasteiger partial charge < -0.3 is 15.5 Å². The molecule has 9 heteroatoms. The number of hydrogen-bond donors (Lipinski definition) is 3. The van der Waals surface area contributed by atoms with E-state index in [-0.39, 0.29) is 31.1 Å². The highest BCUT2D eigenvalue weighted by Crippen LogP contribution is 2.33. The van der Waals surface area contributed by atoms with Crippen molar-refractivity contribution in [3.05, 3.63) is 64.7 Å². The second kappa shape index (κ2) is 19.2. The summed E-state index contributed by atoms with van der Waals surface area (Å²) in [5.41, 5.74) is 0.444. The molecular weight excluding hydrogens is 545 g/mol. The van der Waals surface area contributed by atoms with Crippen LogP contribution >= 0.6 is 0 Å². The lowest BCUT2D eigenvalue weighted by Gasteiger charge is -2.21. The van der Waals surface area contributed by atoms with E-state index in [4.69, 9.17) is 0 Å². The van der Waals surface area contributed by atoms with Crippen molar-refractivity contribution in [3.8, 4) is 5.75 Å². The first-order valence-corrected chi connectivity index (χ1v) is 15.3. The molecule has 0 radical (unpaired) electrons. The third-order valence-corrected chi connectivity index (χ3v) is 7.35. The van der Waals surface area contributed by atoms with Crippen LogP contribution in [-0.4, -0.2) is 40.1 Å². The van der Waals surface area contributed by atoms with Gasteiger partial charge in [0, 0.05) is 30.8 Å². The highest BCUT2D eigenvalue weighted by atomic mass is 19.4. The number of alkyl halides is 3. The molecule has 42 heavy (non-hydrogen) atoms. The lowest BCUT2D eigenvalue weighted by Crippen LogP contribution is -2.29. The first-order valence-electron chi connectivity index (χ1n) is 15.3. The molecule has 2 aromatic rings. The molecule has 0 saturated heterocycles. The molecule has 6 nitrogen and oxygen atoms in total. The minimum Gasteiger partial charge on any atom is -0.508 e. The number of amides is 1. The van der Waals surface area contributed by atoms with Gasteiger partial charge in [0.25, 0.3) is 5.91 Å². The molecule has 234 valence electrons. The molecule has 0 aliphatic rings. The SMILES string of the molecule is CCCCCCCCCCCCCCCNC(=O)c1ccc(CN(CC(=O)O)Cc2ccc(C(F)(F)F)cc2O)cc1. The molecule has 0 bridgehead atoms. The number of hydrogen-bond acceptors (Lipinski definition) is 4. The molecular formula is C33H47F3N2O4. The molecule has 3 N–H and O–H groups in total. The van der Waals surface area contributed by atoms with E-state index in [0.717, 1.165) is 30.5 Å². The number of benzene rings is 2. The topological polar surface area (TPSA) is 89.9 Å². The van der Waals surface area contributed by atoms with Crippen molar-refractivity contribution in [2.75, 3.05) is 13.1 Å². The van der Waals surface area contributed by atoms with Crippen LogP contribution in [0.4, 0.5) is 13.2 Å². The van der Waals surface area contributed by atoms with Crippen molar-refractivity contribution in [1.82, 2.24) is 10.2 Å². The zero-order chi connectivity index (χ0) is 30.8. The first kappa shape index (κ1) is 35.1. The predicted octanol–water partition coefficient (Wildman–Crippen LogP) is 8.32. The van der Waals surface area contributed by atoms with Gasteiger partial charge >= 0.3 is 12.1 Å². The highest BCUT2D eigenvalue weighted by Gasteiger charge is 2.31. The van der Waals surface area contributed by atoms with E-state index in [1.165, 1.54) is 75.5 Å². The number of phenols is 1. The van der Waals surface area contributed by atoms with E-state index >= 15 is 0 Å². The average Bonchev–Trinajstić information content (AvgIpc) is 2.93. The van der Waals surface area contributed by atoms with Crippen LogP contribution in [0, 0.1) is 0 Å². The maximum Gasteiger partial charge on any atom is 0.416 e. The van der Waals surface area contributed by atoms with Gasteiger partial charge in [-0.25, -0.2) is 0 Å². The predicted molar refractivity (Wildman–Crippen MR) is 159 cm³/mol. The molecule has 2 rings (SSSR count). The standard InChI is InChI=1S/C33H47F3N2O4/c1-2-3-4-5-6-7-8-9-10-11-12-13-14-21-37-32(42)27-17-15-26(16-18-27)23-38(25-31(40)41)24-28-19-20-29(22-30(28)39)33(34,35)36/h15-20,22,39H,2-14,21,23-25H2,1H3,(H,37,42)(H,40,41). The largest absolute Gasteiger partial charge is 0.508 e. The number of phenolic OH excluding ortho intramolecular Hbond substituents is 1. The van der Waals surface area contributed by atoms with Gasteiger partial charge in [-0.1, -0.05) is 102 Å². The van der Waals surface area contributed by atoms with Crippen LogP contribution in [0.3, 0.4) is 0 Å². The number of halogens is 3. The van der Waals surface area contributed by atoms with E-state index in [0.29, 0.717) is 18.2 Å². The summed E-state index contributed by atoms with van der Waals surface area (Å²) in [6.07, 6.45) is 11.9. The van der Waals surface area contributed by atoms with Gasteiger partial charge in [-0.2, -0.15) is 13.2 Å². The summed E-state index contributed by atoms with van der Waals surface area (Å²) in [5, 5.41) is 22.3. The quantitative estimate of drug-likeness (QED) is 0.127. The van der Waals surface area contributed by atoms with E-state index in [9.17, 15) is 33.0 Å². The number of carbonyl (C=O) groups is 2. The lowest BCUT2D eigenvalue weighted by atomic mass is 10.0. The van der Waals surface area contributed by atoms with Crippen molar-refractivity contribution in [2.45, 2.75) is 110 Å². The van der Waals surface area contributed by atoms with Crippen LogP contribution in [0.25, 0.3) is 0 Å². The molecule has 0 fully saturated rings. The number of unbranched alkanes of at least 4 members (excludes halogenated alkanes) is 12. The average molecular weight is 593 g/mol. The Balaban J connectivity index is 1.70. The van der Waals surface area contributed by atoms with Crippen LogP contribution in [0.15, 0.2) is 42.5 Å². The van der Waals surface area contributed by atoms with Crippen molar-refractivity contribution in [2.24, 2.45) is 0 Å². The van der Waals surface area contributed by atoms with E-state index in [2.05, 4.69) is 12.2 Å². The molecule has 0 heterocycles. The second-order valence-corrected chi connectivity index (χ2v) is 11.1. The molecule has 0 atom stereocenters. The maximum atomic E-state index is 12.9. The number of rotatable bonds is 21. The Morgan fingerprint density at radius 3 is 1.83 bits per heavy atom. The number of nitrogens with zero attached hydrogens (tertiary/aromatic N) is 1. The summed E-state index contributed by atoms with van der Waals surface area (Å²) < 4.78 is 38.7. The molecule has 0 spiro atoms. The third-order valence-electron chi connectivity index (χ3n) is 7.35. The minimum atomic E-state index is -4.59. The summed E-state index contributed by atoms with van der Waals surface area (Å²) >= 11 is 0. The Morgan fingerprint density at radius 2 is 1.33 bits per heavy atom. The number of aromatic hydroxyl groups is 1. The zero-order valence-electron chi connectivity index (χ0n) is 24.9. The van der Waals surface area contributed by atoms with E-state index in [1.54, 1.807) is 24.3 Å². The number of aliphatic carboxylic acids is 1. The van der Waals surface area contributed by atoms with Gasteiger partial charge in [-0.3, -0.25) is 14.5 Å². The van der Waals surface area contributed by atoms with Crippen LogP contribution in [0.1, 0.15) is 117 Å². The van der Waals surface area contributed by atoms with Crippen LogP contribution in [-0.2, 0) is 24.1 Å². The minimum absolute atomic E-state index is 0.0579. The smallest absolute Gasteiger partial charge is 0.416 e. The monoisotopic (exact) mass is 592 g/mol. The van der Waals surface area contributed by atoms with Crippen molar-refractivity contribution in [1.29, 1.82) is 0 Å². The van der Waals surface area contributed by atoms with Gasteiger partial charge in [-0.15, -0.1) is 0 Å². The number of carbonyl (C=O) groups excluding carboxylic acids is 1. The van der Waals surface area contributed by atoms with Crippen molar-refractivity contribution >= 4 is 11.9 Å². The molecule has 2 aromatic carbocycles. The number of nitrogens with one attached hydrogen (secondary N) is 1. The van der Waals surface area contributed by atoms with Gasteiger partial charge in [0.2, 0.25) is 0 Å². The summed E-state index contributed by atoms with van der Waals surface area (Å²) in [7, 11) is 0. The lowest BCUT2D eigenvalue weighted by molar-refractivity contribution is -0.139. The fourth-order valence-corrected chi connectivity index (χ4v) is 4.94. The number of carboxylic acid groups (broad SMARTS) is 1. The molecule has 0 aliphatic heterocycles. The molecule has 0 aliphatic carbocycles. The number of carboxylic acids is 1. The summed E-state index contributed by atoms with van der Waals surface area (Å²) in [6.45, 7) is 2.60. The fraction of sp³-hybridized carbons (Fsp3) is 0.576. The van der Waals surface area contributed by atoms with Crippen LogP contribution in [0.5, 0.6) is 5.75 Å². The Hall–Kier alpha value is -3.07. The van der Waals surface area contributed by atoms with E-state index < -0.39 is 23.5 Å². The Morgan fingerprint density at radius 1 is 0.786 bits per heavy atom. The zero-order valence-corrected chi connectivity index (χ0v) is 24.9. The Bertz CT molecular complexity index is 1070. The van der Waals surface area contributed by atoms with Gasteiger partial charge in [-0.05, 0) is 36.2 Å². The third kappa shape index (κ3) is 14.2. The van der Waals surface area contributed by atoms with Gasteiger partial charge in [0.05, 0.1) is 12.1 Å². The summed E-state index contributed by atoms with van der Waals surface area (Å²) in [6, 6.07) is 9.44. The summed E-state index contributed by atoms with van der Waals surface area (Å²) in [5.74, 6) is -1.82. The van der Waals surface area contributed by atoms with E-state index in [1.807, 2.05) is 0 Å². The van der Waals surface area contributed by atoms with Crippen LogP contribution in [0.2, 0.25) is 0 Å². The Kier molecular flexibility index (Phi) is 16.0. The van der Waals surface area contributed by atoms with Crippen molar-refractivity contribution < 1.29 is 33.0 Å².